The van der Waals surface area contributed by atoms with E-state index in [1.807, 2.05) is 6.07 Å². The molecular formula is C49H70N3O24-. The van der Waals surface area contributed by atoms with E-state index in [4.69, 9.17) is 37.9 Å². The first-order chi connectivity index (χ1) is 36.2. The Hall–Kier alpha value is -4.44. The van der Waals surface area contributed by atoms with Crippen LogP contribution in [0.5, 0.6) is 0 Å². The van der Waals surface area contributed by atoms with Crippen LogP contribution in [0.4, 0.5) is 0 Å². The lowest BCUT2D eigenvalue weighted by Gasteiger charge is -2.53. The van der Waals surface area contributed by atoms with E-state index in [1.54, 1.807) is 30.3 Å². The second-order valence-corrected chi connectivity index (χ2v) is 19.1. The third-order valence-corrected chi connectivity index (χ3v) is 13.7. The van der Waals surface area contributed by atoms with Crippen LogP contribution in [0, 0.1) is 0 Å². The number of hydrogen-bond donors (Lipinski definition) is 14. The monoisotopic (exact) mass is 1080 g/mol. The van der Waals surface area contributed by atoms with Gasteiger partial charge in [0.25, 0.3) is 5.91 Å². The van der Waals surface area contributed by atoms with Crippen molar-refractivity contribution in [2.75, 3.05) is 33.0 Å². The molecule has 0 spiro atoms. The average Bonchev–Trinajstić information content (AvgIpc) is 3.40. The third-order valence-electron chi connectivity index (χ3n) is 13.7. The van der Waals surface area contributed by atoms with Gasteiger partial charge in [0.05, 0.1) is 38.1 Å². The van der Waals surface area contributed by atoms with Crippen molar-refractivity contribution in [3.63, 3.8) is 0 Å². The molecule has 21 atom stereocenters. The Bertz CT molecular complexity index is 2250. The lowest BCUT2D eigenvalue weighted by molar-refractivity contribution is -0.412. The second-order valence-electron chi connectivity index (χ2n) is 19.1. The van der Waals surface area contributed by atoms with Gasteiger partial charge in [0.2, 0.25) is 17.6 Å². The lowest BCUT2D eigenvalue weighted by atomic mass is 9.88. The summed E-state index contributed by atoms with van der Waals surface area (Å²) < 4.78 is 48.3. The number of fused-ring (bicyclic) bond motifs is 1. The molecule has 4 heterocycles. The number of benzene rings is 2. The minimum atomic E-state index is -3.27. The van der Waals surface area contributed by atoms with Gasteiger partial charge >= 0.3 is 0 Å². The van der Waals surface area contributed by atoms with Gasteiger partial charge in [0.1, 0.15) is 91.4 Å². The number of aliphatic hydroxyl groups excluding tert-OH is 11. The Labute approximate surface area is 435 Å². The molecule has 4 aliphatic rings. The summed E-state index contributed by atoms with van der Waals surface area (Å²) >= 11 is 0. The Morgan fingerprint density at radius 1 is 0.776 bits per heavy atom. The molecule has 4 aliphatic heterocycles. The van der Waals surface area contributed by atoms with E-state index in [0.717, 1.165) is 18.4 Å². The van der Waals surface area contributed by atoms with E-state index < -0.39 is 172 Å². The number of amides is 3. The zero-order chi connectivity index (χ0) is 55.6. The van der Waals surface area contributed by atoms with Crippen LogP contribution in [0.25, 0.3) is 10.8 Å². The maximum absolute atomic E-state index is 14.4. The molecule has 27 nitrogen and oxygen atoms in total. The molecule has 0 aliphatic carbocycles. The van der Waals surface area contributed by atoms with Gasteiger partial charge in [-0.05, 0) is 48.7 Å². The molecule has 0 saturated carbocycles. The van der Waals surface area contributed by atoms with Crippen LogP contribution in [0.2, 0.25) is 0 Å². The topological polar surface area (TPSA) is 424 Å². The molecule has 27 heteroatoms. The van der Waals surface area contributed by atoms with Gasteiger partial charge in [0.15, 0.2) is 18.9 Å². The van der Waals surface area contributed by atoms with Crippen LogP contribution in [-0.2, 0) is 52.3 Å². The summed E-state index contributed by atoms with van der Waals surface area (Å²) in [6.07, 6.45) is -32.2. The number of carboxylic acids is 1. The van der Waals surface area contributed by atoms with E-state index in [1.165, 1.54) is 13.0 Å². The van der Waals surface area contributed by atoms with Gasteiger partial charge in [-0.3, -0.25) is 14.4 Å². The highest BCUT2D eigenvalue weighted by molar-refractivity contribution is 5.98. The zero-order valence-electron chi connectivity index (χ0n) is 41.7. The average molecular weight is 1090 g/mol. The number of nitrogens with one attached hydrogen (secondary N) is 3. The van der Waals surface area contributed by atoms with Crippen molar-refractivity contribution >= 4 is 34.5 Å². The van der Waals surface area contributed by atoms with E-state index in [9.17, 15) is 80.5 Å². The summed E-state index contributed by atoms with van der Waals surface area (Å²) in [5.74, 6) is -7.42. The molecule has 2 aromatic carbocycles. The van der Waals surface area contributed by atoms with E-state index in [-0.39, 0.29) is 18.1 Å². The predicted molar refractivity (Wildman–Crippen MR) is 253 cm³/mol. The Balaban J connectivity index is 1.36. The second kappa shape index (κ2) is 27.4. The number of aliphatic carboxylic acids is 1. The quantitative estimate of drug-likeness (QED) is 0.0343. The van der Waals surface area contributed by atoms with Crippen molar-refractivity contribution in [3.8, 4) is 0 Å². The van der Waals surface area contributed by atoms with Gasteiger partial charge in [-0.1, -0.05) is 49.8 Å². The molecular weight excluding hydrogens is 1010 g/mol. The van der Waals surface area contributed by atoms with E-state index >= 15 is 0 Å². The zero-order valence-corrected chi connectivity index (χ0v) is 41.7. The SMILES string of the molecule is C=CC(=O)NCCCCCCO[C@@H]1O[C@@H](CO)[C@@H](O[C@@H]2O[C@@H](CO)[C@H](O)[C@H](O[C@]3(C(=O)[O-])C[C@@H](O)[C@@H](NC(C)=O)[C@H]([C@H](O)[C@H](O)CO)O3)[C@@H]2O)[C@H](O[C@@H]2O[C@@H](C)[C@@H](O)[C@H](O)[C@@H]2O)[C@@H]1NC(=O)c1ccc2ccccc2c1. The maximum atomic E-state index is 14.4. The van der Waals surface area contributed by atoms with Crippen molar-refractivity contribution in [2.45, 2.75) is 174 Å². The maximum Gasteiger partial charge on any atom is 0.251 e. The molecule has 0 bridgehead atoms. The summed E-state index contributed by atoms with van der Waals surface area (Å²) in [7, 11) is 0. The van der Waals surface area contributed by atoms with Crippen LogP contribution < -0.4 is 21.1 Å². The number of hydrogen-bond acceptors (Lipinski definition) is 24. The molecule has 2 aromatic rings. The van der Waals surface area contributed by atoms with Gasteiger partial charge < -0.3 is 120 Å². The van der Waals surface area contributed by atoms with Crippen LogP contribution in [0.3, 0.4) is 0 Å². The number of carbonyl (C=O) groups excluding carboxylic acids is 4. The Morgan fingerprint density at radius 2 is 1.43 bits per heavy atom. The van der Waals surface area contributed by atoms with Gasteiger partial charge in [0, 0.05) is 32.1 Å². The van der Waals surface area contributed by atoms with Crippen LogP contribution >= 0.6 is 0 Å². The number of carboxylic acid groups (broad SMARTS) is 1. The van der Waals surface area contributed by atoms with Gasteiger partial charge in [-0.25, -0.2) is 0 Å². The molecule has 0 unspecified atom stereocenters. The van der Waals surface area contributed by atoms with Gasteiger partial charge in [-0.2, -0.15) is 0 Å². The lowest BCUT2D eigenvalue weighted by Crippen LogP contribution is -2.72. The summed E-state index contributed by atoms with van der Waals surface area (Å²) in [5.41, 5.74) is 0.120. The molecule has 4 saturated heterocycles. The fourth-order valence-corrected chi connectivity index (χ4v) is 9.50. The van der Waals surface area contributed by atoms with Crippen molar-refractivity contribution < 1.29 is 118 Å². The molecule has 426 valence electrons. The van der Waals surface area contributed by atoms with E-state index in [2.05, 4.69) is 22.5 Å². The first-order valence-electron chi connectivity index (χ1n) is 24.9. The van der Waals surface area contributed by atoms with Crippen molar-refractivity contribution in [1.29, 1.82) is 0 Å². The third kappa shape index (κ3) is 14.2. The predicted octanol–water partition coefficient (Wildman–Crippen LogP) is -6.23. The standard InChI is InChI=1S/C49H71N3O24/c1-4-31(59)50-15-9-5-6-10-16-69-45-33(52-44(66)26-14-13-24-11-7-8-12-25(24)17-26)42(74-46-38(64)37(63)34(60)22(2)70-46)40(30(21-55)72-45)73-47-39(65)43(36(62)29(20-54)71-47)76-49(48(67)68)18-27(57)32(51-23(3)56)41(75-49)35(61)28(58)19-53/h4,7-8,11-14,17,22,27-30,32-43,45-47,53-55,57-58,60-65H,1,5-6,9-10,15-16,18-21H2,2-3H3,(H,50,59)(H,51,56)(H,52,66)(H,67,68)/p-1/t22-,27+,28+,29-,30-,32+,33-,34+,35+,36-,37-,38-,39-,40+,41+,42+,43-,45+,46-,47-,49-/m0/s1. The Kier molecular flexibility index (Phi) is 21.9. The molecule has 0 aromatic heterocycles. The number of aliphatic hydroxyl groups is 11. The Morgan fingerprint density at radius 3 is 2.09 bits per heavy atom. The normalized spacial score (nSPS) is 36.6. The molecule has 6 rings (SSSR count). The highest BCUT2D eigenvalue weighted by Gasteiger charge is 2.59. The van der Waals surface area contributed by atoms with Crippen molar-refractivity contribution in [1.82, 2.24) is 16.0 Å². The van der Waals surface area contributed by atoms with E-state index in [0.29, 0.717) is 37.6 Å². The molecule has 0 radical (unpaired) electrons. The smallest absolute Gasteiger partial charge is 0.251 e. The number of ether oxygens (including phenoxy) is 8. The summed E-state index contributed by atoms with van der Waals surface area (Å²) in [6, 6.07) is 8.77. The van der Waals surface area contributed by atoms with Crippen LogP contribution in [0.1, 0.15) is 56.3 Å². The minimum Gasteiger partial charge on any atom is -0.544 e. The number of carbonyl (C=O) groups is 4. The summed E-state index contributed by atoms with van der Waals surface area (Å²) in [5, 5.41) is 142. The number of unbranched alkanes of at least 4 members (excludes halogenated alkanes) is 3. The summed E-state index contributed by atoms with van der Waals surface area (Å²) in [6.45, 7) is 3.00. The summed E-state index contributed by atoms with van der Waals surface area (Å²) in [4.78, 5) is 51.2. The molecule has 4 fully saturated rings. The minimum absolute atomic E-state index is 0.0359. The highest BCUT2D eigenvalue weighted by Crippen LogP contribution is 2.39. The molecule has 76 heavy (non-hydrogen) atoms. The largest absolute Gasteiger partial charge is 0.544 e. The first kappa shape index (κ1) is 60.8. The molecule has 3 amide bonds. The fraction of sp³-hybridized carbons (Fsp3) is 0.673. The van der Waals surface area contributed by atoms with Crippen molar-refractivity contribution in [3.05, 3.63) is 60.7 Å². The fourth-order valence-electron chi connectivity index (χ4n) is 9.50. The molecule has 14 N–H and O–H groups in total. The van der Waals surface area contributed by atoms with Crippen LogP contribution in [0.15, 0.2) is 55.1 Å². The van der Waals surface area contributed by atoms with Gasteiger partial charge in [-0.15, -0.1) is 0 Å². The first-order valence-corrected chi connectivity index (χ1v) is 24.9. The van der Waals surface area contributed by atoms with Crippen molar-refractivity contribution in [2.24, 2.45) is 0 Å². The number of rotatable bonds is 24. The van der Waals surface area contributed by atoms with Crippen LogP contribution in [-0.4, -0.2) is 241 Å². The highest BCUT2D eigenvalue weighted by atomic mass is 16.8.